The van der Waals surface area contributed by atoms with Gasteiger partial charge in [0.15, 0.2) is 0 Å². The smallest absolute Gasteiger partial charge is 0.308 e. The lowest BCUT2D eigenvalue weighted by Gasteiger charge is -2.16. The Morgan fingerprint density at radius 3 is 3.09 bits per heavy atom. The van der Waals surface area contributed by atoms with E-state index in [4.69, 9.17) is 5.11 Å². The molecule has 1 rings (SSSR count). The molecule has 0 aromatic heterocycles. The van der Waals surface area contributed by atoms with Crippen molar-refractivity contribution in [3.05, 3.63) is 12.4 Å². The second-order valence-corrected chi connectivity index (χ2v) is 2.69. The van der Waals surface area contributed by atoms with Crippen molar-refractivity contribution in [2.75, 3.05) is 13.2 Å². The summed E-state index contributed by atoms with van der Waals surface area (Å²) in [6.45, 7) is 2.99. The number of hydrogen-bond donors (Lipinski definition) is 2. The first-order valence-corrected chi connectivity index (χ1v) is 3.57. The number of carboxylic acid groups (broad SMARTS) is 1. The predicted molar refractivity (Wildman–Crippen MR) is 40.6 cm³/mol. The third-order valence-corrected chi connectivity index (χ3v) is 1.63. The van der Waals surface area contributed by atoms with Crippen molar-refractivity contribution in [3.8, 4) is 0 Å². The number of rotatable bonds is 3. The molecule has 0 spiro atoms. The molecule has 1 aliphatic heterocycles. The second-order valence-electron chi connectivity index (χ2n) is 2.69. The molecular weight excluding hydrogens is 144 g/mol. The quantitative estimate of drug-likeness (QED) is 0.605. The standard InChI is InChI=1S/C7H12N2O2/c1-6(7(10)11)4-9-3-2-8-5-9/h2-3,6,8H,4-5H2,1H3,(H,10,11). The summed E-state index contributed by atoms with van der Waals surface area (Å²) in [4.78, 5) is 12.3. The Morgan fingerprint density at radius 1 is 1.91 bits per heavy atom. The van der Waals surface area contributed by atoms with Crippen molar-refractivity contribution in [2.45, 2.75) is 6.92 Å². The fraction of sp³-hybridized carbons (Fsp3) is 0.571. The van der Waals surface area contributed by atoms with Gasteiger partial charge in [0.2, 0.25) is 0 Å². The summed E-state index contributed by atoms with van der Waals surface area (Å²) in [6, 6.07) is 0. The van der Waals surface area contributed by atoms with Crippen LogP contribution in [0.3, 0.4) is 0 Å². The number of aliphatic carboxylic acids is 1. The zero-order valence-corrected chi connectivity index (χ0v) is 6.45. The Morgan fingerprint density at radius 2 is 2.64 bits per heavy atom. The summed E-state index contributed by atoms with van der Waals surface area (Å²) in [7, 11) is 0. The molecule has 0 saturated heterocycles. The van der Waals surface area contributed by atoms with Crippen LogP contribution in [0.25, 0.3) is 0 Å². The zero-order chi connectivity index (χ0) is 8.27. The van der Waals surface area contributed by atoms with Crippen molar-refractivity contribution in [2.24, 2.45) is 5.92 Å². The van der Waals surface area contributed by atoms with E-state index in [0.717, 1.165) is 6.67 Å². The molecular formula is C7H12N2O2. The molecule has 4 heteroatoms. The number of nitrogens with one attached hydrogen (secondary N) is 1. The summed E-state index contributed by atoms with van der Waals surface area (Å²) >= 11 is 0. The molecule has 0 radical (unpaired) electrons. The molecule has 1 aliphatic rings. The summed E-state index contributed by atoms with van der Waals surface area (Å²) in [5, 5.41) is 11.5. The topological polar surface area (TPSA) is 52.6 Å². The van der Waals surface area contributed by atoms with Crippen LogP contribution in [-0.4, -0.2) is 29.2 Å². The summed E-state index contributed by atoms with van der Waals surface area (Å²) in [6.07, 6.45) is 3.67. The molecule has 1 atom stereocenters. The van der Waals surface area contributed by atoms with Gasteiger partial charge in [-0.25, -0.2) is 0 Å². The molecule has 0 aromatic carbocycles. The van der Waals surface area contributed by atoms with E-state index in [2.05, 4.69) is 5.32 Å². The van der Waals surface area contributed by atoms with Crippen molar-refractivity contribution < 1.29 is 9.90 Å². The maximum Gasteiger partial charge on any atom is 0.308 e. The van der Waals surface area contributed by atoms with Crippen LogP contribution in [0.5, 0.6) is 0 Å². The van der Waals surface area contributed by atoms with Crippen LogP contribution in [0.15, 0.2) is 12.4 Å². The number of hydrogen-bond acceptors (Lipinski definition) is 3. The van der Waals surface area contributed by atoms with Gasteiger partial charge >= 0.3 is 5.97 Å². The molecule has 62 valence electrons. The maximum absolute atomic E-state index is 10.4. The lowest BCUT2D eigenvalue weighted by Crippen LogP contribution is -2.29. The van der Waals surface area contributed by atoms with Gasteiger partial charge in [-0.3, -0.25) is 4.79 Å². The van der Waals surface area contributed by atoms with Gasteiger partial charge < -0.3 is 15.3 Å². The maximum atomic E-state index is 10.4. The average molecular weight is 156 g/mol. The SMILES string of the molecule is CC(CN1C=CNC1)C(=O)O. The first-order chi connectivity index (χ1) is 5.20. The Hall–Kier alpha value is -1.19. The van der Waals surface area contributed by atoms with E-state index >= 15 is 0 Å². The van der Waals surface area contributed by atoms with Crippen LogP contribution >= 0.6 is 0 Å². The molecule has 2 N–H and O–H groups in total. The Labute approximate surface area is 65.5 Å². The van der Waals surface area contributed by atoms with Crippen molar-refractivity contribution in [3.63, 3.8) is 0 Å². The average Bonchev–Trinajstić information content (AvgIpc) is 2.39. The Kier molecular flexibility index (Phi) is 2.36. The van der Waals surface area contributed by atoms with E-state index in [1.165, 1.54) is 0 Å². The summed E-state index contributed by atoms with van der Waals surface area (Å²) < 4.78 is 0. The minimum atomic E-state index is -0.745. The Balaban J connectivity index is 2.29. The molecule has 0 amide bonds. The normalized spacial score (nSPS) is 18.1. The second kappa shape index (κ2) is 3.27. The van der Waals surface area contributed by atoms with E-state index in [1.807, 2.05) is 17.3 Å². The van der Waals surface area contributed by atoms with Crippen molar-refractivity contribution in [1.82, 2.24) is 10.2 Å². The molecule has 11 heavy (non-hydrogen) atoms. The monoisotopic (exact) mass is 156 g/mol. The lowest BCUT2D eigenvalue weighted by atomic mass is 10.2. The van der Waals surface area contributed by atoms with Gasteiger partial charge in [0, 0.05) is 18.9 Å². The number of carbonyl (C=O) groups is 1. The van der Waals surface area contributed by atoms with Crippen LogP contribution < -0.4 is 5.32 Å². The van der Waals surface area contributed by atoms with Crippen LogP contribution in [0.4, 0.5) is 0 Å². The molecule has 0 fully saturated rings. The zero-order valence-electron chi connectivity index (χ0n) is 6.45. The van der Waals surface area contributed by atoms with Gasteiger partial charge in [-0.2, -0.15) is 0 Å². The number of nitrogens with zero attached hydrogens (tertiary/aromatic N) is 1. The van der Waals surface area contributed by atoms with E-state index in [9.17, 15) is 4.79 Å². The van der Waals surface area contributed by atoms with Gasteiger partial charge in [0.05, 0.1) is 12.6 Å². The van der Waals surface area contributed by atoms with E-state index in [1.54, 1.807) is 6.92 Å². The molecule has 0 aromatic rings. The highest BCUT2D eigenvalue weighted by Gasteiger charge is 2.14. The number of carboxylic acids is 1. The van der Waals surface area contributed by atoms with Gasteiger partial charge in [-0.15, -0.1) is 0 Å². The van der Waals surface area contributed by atoms with Crippen molar-refractivity contribution >= 4 is 5.97 Å². The van der Waals surface area contributed by atoms with Gasteiger partial charge in [0.1, 0.15) is 0 Å². The first kappa shape index (κ1) is 7.91. The van der Waals surface area contributed by atoms with Gasteiger partial charge in [-0.05, 0) is 0 Å². The van der Waals surface area contributed by atoms with Gasteiger partial charge in [0.25, 0.3) is 0 Å². The fourth-order valence-corrected chi connectivity index (χ4v) is 0.936. The minimum absolute atomic E-state index is 0.306. The molecule has 0 aliphatic carbocycles. The molecule has 0 bridgehead atoms. The fourth-order valence-electron chi connectivity index (χ4n) is 0.936. The predicted octanol–water partition coefficient (Wildman–Crippen LogP) is 0.0410. The van der Waals surface area contributed by atoms with E-state index in [0.29, 0.717) is 6.54 Å². The first-order valence-electron chi connectivity index (χ1n) is 3.57. The summed E-state index contributed by atoms with van der Waals surface area (Å²) in [5.41, 5.74) is 0. The third kappa shape index (κ3) is 2.14. The van der Waals surface area contributed by atoms with Crippen LogP contribution in [-0.2, 0) is 4.79 Å². The highest BCUT2D eigenvalue weighted by atomic mass is 16.4. The highest BCUT2D eigenvalue weighted by Crippen LogP contribution is 2.02. The van der Waals surface area contributed by atoms with E-state index in [-0.39, 0.29) is 5.92 Å². The summed E-state index contributed by atoms with van der Waals surface area (Å²) in [5.74, 6) is -1.05. The molecule has 4 nitrogen and oxygen atoms in total. The van der Waals surface area contributed by atoms with Crippen LogP contribution in [0.1, 0.15) is 6.92 Å². The largest absolute Gasteiger partial charge is 0.481 e. The molecule has 1 unspecified atom stereocenters. The van der Waals surface area contributed by atoms with Gasteiger partial charge in [-0.1, -0.05) is 6.92 Å². The molecule has 0 saturated carbocycles. The van der Waals surface area contributed by atoms with Crippen LogP contribution in [0, 0.1) is 5.92 Å². The van der Waals surface area contributed by atoms with E-state index < -0.39 is 5.97 Å². The van der Waals surface area contributed by atoms with Crippen molar-refractivity contribution in [1.29, 1.82) is 0 Å². The third-order valence-electron chi connectivity index (χ3n) is 1.63. The van der Waals surface area contributed by atoms with Crippen LogP contribution in [0.2, 0.25) is 0 Å². The molecule has 1 heterocycles. The Bertz CT molecular complexity index is 179. The lowest BCUT2D eigenvalue weighted by molar-refractivity contribution is -0.141. The minimum Gasteiger partial charge on any atom is -0.481 e. The highest BCUT2D eigenvalue weighted by molar-refractivity contribution is 5.69.